The zero-order valence-corrected chi connectivity index (χ0v) is 7.12. The Labute approximate surface area is 75.9 Å². The molecule has 0 atom stereocenters. The number of fused-ring (bicyclic) bond motifs is 2. The van der Waals surface area contributed by atoms with Crippen LogP contribution in [0.15, 0.2) is 34.9 Å². The normalized spacial score (nSPS) is 21.0. The minimum atomic E-state index is -0.0408. The topological polar surface area (TPSA) is 64.7 Å². The van der Waals surface area contributed by atoms with Crippen LogP contribution in [-0.4, -0.2) is 18.5 Å². The van der Waals surface area contributed by atoms with Gasteiger partial charge >= 0.3 is 0 Å². The van der Waals surface area contributed by atoms with E-state index in [4.69, 9.17) is 20.3 Å². The first-order valence-corrected chi connectivity index (χ1v) is 4.06. The molecule has 4 heteroatoms. The molecule has 0 unspecified atom stereocenters. The number of aliphatic hydroxyl groups excluding tert-OH is 1. The van der Waals surface area contributed by atoms with E-state index in [-0.39, 0.29) is 13.4 Å². The van der Waals surface area contributed by atoms with E-state index < -0.39 is 0 Å². The molecule has 0 spiro atoms. The molecule has 0 aromatic rings. The third-order valence-electron chi connectivity index (χ3n) is 2.00. The van der Waals surface area contributed by atoms with Gasteiger partial charge in [-0.15, -0.1) is 0 Å². The summed E-state index contributed by atoms with van der Waals surface area (Å²) in [4.78, 5) is 0. The number of nitrogens with two attached hydrogens (primary N) is 1. The van der Waals surface area contributed by atoms with E-state index in [0.29, 0.717) is 12.1 Å². The maximum Gasteiger partial charge on any atom is 0.230 e. The number of allylic oxidation sites excluding steroid dienone is 1. The van der Waals surface area contributed by atoms with Crippen molar-refractivity contribution in [3.63, 3.8) is 0 Å². The van der Waals surface area contributed by atoms with Gasteiger partial charge in [0, 0.05) is 0 Å². The van der Waals surface area contributed by atoms with Crippen LogP contribution in [0.4, 0.5) is 0 Å². The highest BCUT2D eigenvalue weighted by Gasteiger charge is 2.18. The van der Waals surface area contributed by atoms with E-state index in [1.807, 2.05) is 0 Å². The minimum absolute atomic E-state index is 0.0408. The van der Waals surface area contributed by atoms with E-state index in [0.717, 1.165) is 17.1 Å². The van der Waals surface area contributed by atoms with Crippen LogP contribution >= 0.6 is 0 Å². The van der Waals surface area contributed by atoms with Crippen LogP contribution < -0.4 is 5.73 Å². The Hall–Kier alpha value is -1.42. The standard InChI is InChI=1S/C9H11NO3/c10-8-2-6(4-11)1-7-3-9(8)13-5-12-7/h1-2,11H,3-5,10H2. The maximum atomic E-state index is 8.97. The van der Waals surface area contributed by atoms with E-state index in [1.165, 1.54) is 0 Å². The summed E-state index contributed by atoms with van der Waals surface area (Å²) in [5.74, 6) is 1.52. The molecule has 1 saturated heterocycles. The Morgan fingerprint density at radius 2 is 2.23 bits per heavy atom. The number of hydrogen-bond acceptors (Lipinski definition) is 4. The zero-order chi connectivity index (χ0) is 9.26. The van der Waals surface area contributed by atoms with Crippen molar-refractivity contribution in [3.05, 3.63) is 34.9 Å². The lowest BCUT2D eigenvalue weighted by Gasteiger charge is -2.19. The molecule has 0 saturated carbocycles. The molecule has 2 bridgehead atoms. The molecule has 0 aromatic heterocycles. The van der Waals surface area contributed by atoms with Gasteiger partial charge in [-0.1, -0.05) is 0 Å². The van der Waals surface area contributed by atoms with Crippen molar-refractivity contribution in [1.29, 1.82) is 0 Å². The van der Waals surface area contributed by atoms with Gasteiger partial charge in [0.05, 0.1) is 18.7 Å². The highest BCUT2D eigenvalue weighted by atomic mass is 16.7. The smallest absolute Gasteiger partial charge is 0.230 e. The molecule has 3 N–H and O–H groups in total. The van der Waals surface area contributed by atoms with Gasteiger partial charge in [0.15, 0.2) is 0 Å². The minimum Gasteiger partial charge on any atom is -0.461 e. The predicted octanol–water partition coefficient (Wildman–Crippen LogP) is 0.367. The Balaban J connectivity index is 2.39. The largest absolute Gasteiger partial charge is 0.461 e. The summed E-state index contributed by atoms with van der Waals surface area (Å²) in [6.45, 7) is 0.162. The quantitative estimate of drug-likeness (QED) is 0.613. The zero-order valence-electron chi connectivity index (χ0n) is 7.12. The van der Waals surface area contributed by atoms with Crippen molar-refractivity contribution in [2.45, 2.75) is 6.42 Å². The molecule has 1 aliphatic heterocycles. The fourth-order valence-electron chi connectivity index (χ4n) is 1.33. The lowest BCUT2D eigenvalue weighted by atomic mass is 10.2. The number of aliphatic hydroxyl groups is 1. The molecule has 1 heterocycles. The molecule has 4 nitrogen and oxygen atoms in total. The summed E-state index contributed by atoms with van der Waals surface area (Å²) in [6.07, 6.45) is 4.07. The van der Waals surface area contributed by atoms with Crippen molar-refractivity contribution < 1.29 is 14.6 Å². The lowest BCUT2D eigenvalue weighted by Crippen LogP contribution is -2.12. The first-order valence-electron chi connectivity index (χ1n) is 4.06. The second kappa shape index (κ2) is 3.14. The van der Waals surface area contributed by atoms with Gasteiger partial charge in [-0.25, -0.2) is 0 Å². The van der Waals surface area contributed by atoms with Gasteiger partial charge in [-0.05, 0) is 17.7 Å². The summed E-state index contributed by atoms with van der Waals surface area (Å²) in [5.41, 5.74) is 7.04. The Morgan fingerprint density at radius 1 is 1.38 bits per heavy atom. The molecule has 0 radical (unpaired) electrons. The molecule has 1 fully saturated rings. The van der Waals surface area contributed by atoms with Gasteiger partial charge in [-0.3, -0.25) is 0 Å². The van der Waals surface area contributed by atoms with Crippen LogP contribution in [-0.2, 0) is 9.47 Å². The summed E-state index contributed by atoms with van der Waals surface area (Å²) in [6, 6.07) is 0. The lowest BCUT2D eigenvalue weighted by molar-refractivity contribution is -0.0220. The number of hydrogen-bond donors (Lipinski definition) is 2. The Morgan fingerprint density at radius 3 is 3.00 bits per heavy atom. The highest BCUT2D eigenvalue weighted by molar-refractivity contribution is 5.37. The fourth-order valence-corrected chi connectivity index (χ4v) is 1.33. The molecule has 1 aliphatic carbocycles. The second-order valence-corrected chi connectivity index (χ2v) is 2.95. The number of ether oxygens (including phenoxy) is 2. The molecular weight excluding hydrogens is 170 g/mol. The van der Waals surface area contributed by atoms with Crippen LogP contribution in [0.3, 0.4) is 0 Å². The molecular formula is C9H11NO3. The highest BCUT2D eigenvalue weighted by Crippen LogP contribution is 2.26. The molecule has 2 rings (SSSR count). The molecule has 0 aromatic carbocycles. The average Bonchev–Trinajstić information content (AvgIpc) is 2.26. The van der Waals surface area contributed by atoms with E-state index in [1.54, 1.807) is 12.2 Å². The number of rotatable bonds is 1. The monoisotopic (exact) mass is 181 g/mol. The van der Waals surface area contributed by atoms with Gasteiger partial charge < -0.3 is 20.3 Å². The first-order chi connectivity index (χ1) is 6.29. The molecule has 70 valence electrons. The first kappa shape index (κ1) is 8.19. The SMILES string of the molecule is NC1=C2CC(=CC(CO)=C1)OCO2. The van der Waals surface area contributed by atoms with Crippen molar-refractivity contribution in [1.82, 2.24) is 0 Å². The molecule has 13 heavy (non-hydrogen) atoms. The van der Waals surface area contributed by atoms with Crippen LogP contribution in [0.5, 0.6) is 0 Å². The average molecular weight is 181 g/mol. The van der Waals surface area contributed by atoms with Gasteiger partial charge in [0.25, 0.3) is 0 Å². The van der Waals surface area contributed by atoms with E-state index >= 15 is 0 Å². The third-order valence-corrected chi connectivity index (χ3v) is 2.00. The van der Waals surface area contributed by atoms with Gasteiger partial charge in [0.1, 0.15) is 11.5 Å². The van der Waals surface area contributed by atoms with Crippen LogP contribution in [0.2, 0.25) is 0 Å². The van der Waals surface area contributed by atoms with Crippen molar-refractivity contribution in [3.8, 4) is 0 Å². The third kappa shape index (κ3) is 1.53. The summed E-state index contributed by atoms with van der Waals surface area (Å²) >= 11 is 0. The summed E-state index contributed by atoms with van der Waals surface area (Å²) < 4.78 is 10.4. The van der Waals surface area contributed by atoms with Gasteiger partial charge in [0.2, 0.25) is 6.79 Å². The fraction of sp³-hybridized carbons (Fsp3) is 0.333. The van der Waals surface area contributed by atoms with Gasteiger partial charge in [-0.2, -0.15) is 0 Å². The van der Waals surface area contributed by atoms with E-state index in [2.05, 4.69) is 0 Å². The van der Waals surface area contributed by atoms with Crippen molar-refractivity contribution in [2.75, 3.05) is 13.4 Å². The van der Waals surface area contributed by atoms with Crippen LogP contribution in [0.25, 0.3) is 0 Å². The predicted molar refractivity (Wildman–Crippen MR) is 46.1 cm³/mol. The molecule has 0 amide bonds. The van der Waals surface area contributed by atoms with Crippen molar-refractivity contribution in [2.24, 2.45) is 5.73 Å². The second-order valence-electron chi connectivity index (χ2n) is 2.95. The van der Waals surface area contributed by atoms with Crippen LogP contribution in [0.1, 0.15) is 6.42 Å². The van der Waals surface area contributed by atoms with Crippen LogP contribution in [0, 0.1) is 0 Å². The van der Waals surface area contributed by atoms with E-state index in [9.17, 15) is 0 Å². The Kier molecular flexibility index (Phi) is 1.98. The summed E-state index contributed by atoms with van der Waals surface area (Å²) in [5, 5.41) is 8.97. The van der Waals surface area contributed by atoms with Crippen molar-refractivity contribution >= 4 is 0 Å². The summed E-state index contributed by atoms with van der Waals surface area (Å²) in [7, 11) is 0. The molecule has 2 aliphatic rings. The Bertz CT molecular complexity index is 315. The maximum absolute atomic E-state index is 8.97.